The predicted octanol–water partition coefficient (Wildman–Crippen LogP) is 3.98. The molecule has 2 rings (SSSR count). The van der Waals surface area contributed by atoms with E-state index in [4.69, 9.17) is 14.2 Å². The number of aromatic hydroxyl groups is 2. The van der Waals surface area contributed by atoms with Gasteiger partial charge >= 0.3 is 0 Å². The lowest BCUT2D eigenvalue weighted by Crippen LogP contribution is -1.93. The smallest absolute Gasteiger partial charge is 0.164 e. The molecule has 0 aliphatic carbocycles. The molecule has 2 aromatic carbocycles. The molecule has 0 saturated carbocycles. The lowest BCUT2D eigenvalue weighted by atomic mass is 10.0. The normalized spacial score (nSPS) is 10.6. The molecule has 0 aliphatic heterocycles. The molecule has 0 bridgehead atoms. The van der Waals surface area contributed by atoms with Gasteiger partial charge in [0.1, 0.15) is 5.75 Å². The summed E-state index contributed by atoms with van der Waals surface area (Å²) < 4.78 is 15.7. The average Bonchev–Trinajstić information content (AvgIpc) is 2.62. The number of ether oxygens (including phenoxy) is 3. The summed E-state index contributed by atoms with van der Waals surface area (Å²) in [7, 11) is 2.99. The Bertz CT molecular complexity index is 765. The van der Waals surface area contributed by atoms with Crippen molar-refractivity contribution in [3.05, 3.63) is 66.5 Å². The minimum Gasteiger partial charge on any atom is -0.504 e. The maximum absolute atomic E-state index is 10.2. The second-order valence-electron chi connectivity index (χ2n) is 5.33. The fourth-order valence-corrected chi connectivity index (χ4v) is 2.36. The Morgan fingerprint density at radius 2 is 1.76 bits per heavy atom. The van der Waals surface area contributed by atoms with Crippen molar-refractivity contribution < 1.29 is 24.4 Å². The monoisotopic (exact) mass is 342 g/mol. The number of hydrogen-bond donors (Lipinski definition) is 2. The Balaban J connectivity index is 2.08. The summed E-state index contributed by atoms with van der Waals surface area (Å²) in [6.07, 6.45) is 6.27. The summed E-state index contributed by atoms with van der Waals surface area (Å²) in [6.45, 7) is 3.73. The molecule has 0 atom stereocenters. The zero-order chi connectivity index (χ0) is 18.2. The Morgan fingerprint density at radius 1 is 1.00 bits per heavy atom. The topological polar surface area (TPSA) is 68.2 Å². The van der Waals surface area contributed by atoms with Gasteiger partial charge in [0.25, 0.3) is 0 Å². The number of methoxy groups -OCH3 is 2. The number of benzene rings is 2. The Kier molecular flexibility index (Phi) is 6.34. The Labute approximate surface area is 147 Å². The molecular weight excluding hydrogens is 320 g/mol. The van der Waals surface area contributed by atoms with Gasteiger partial charge in [-0.25, -0.2) is 0 Å². The maximum atomic E-state index is 10.2. The molecule has 2 N–H and O–H groups in total. The first-order valence-electron chi connectivity index (χ1n) is 7.77. The first-order chi connectivity index (χ1) is 12.1. The first kappa shape index (κ1) is 18.3. The highest BCUT2D eigenvalue weighted by Gasteiger charge is 2.09. The minimum absolute atomic E-state index is 0.0508. The van der Waals surface area contributed by atoms with Gasteiger partial charge in [-0.05, 0) is 42.7 Å². The lowest BCUT2D eigenvalue weighted by Gasteiger charge is -2.10. The van der Waals surface area contributed by atoms with Crippen molar-refractivity contribution in [1.29, 1.82) is 0 Å². The highest BCUT2D eigenvalue weighted by atomic mass is 16.5. The van der Waals surface area contributed by atoms with Crippen molar-refractivity contribution in [2.24, 2.45) is 0 Å². The SMILES string of the molecule is C=CCc1cc(C/C=C/Oc2ccc(O)c(OC)c2)c(O)c(OC)c1. The minimum atomic E-state index is 0.0508. The molecule has 5 nitrogen and oxygen atoms in total. The molecule has 0 amide bonds. The lowest BCUT2D eigenvalue weighted by molar-refractivity contribution is 0.369. The fraction of sp³-hybridized carbons (Fsp3) is 0.200. The largest absolute Gasteiger partial charge is 0.504 e. The zero-order valence-electron chi connectivity index (χ0n) is 14.4. The highest BCUT2D eigenvalue weighted by molar-refractivity contribution is 5.49. The van der Waals surface area contributed by atoms with Crippen molar-refractivity contribution in [2.45, 2.75) is 12.8 Å². The van der Waals surface area contributed by atoms with Crippen LogP contribution in [0.1, 0.15) is 11.1 Å². The van der Waals surface area contributed by atoms with Crippen LogP contribution in [0, 0.1) is 0 Å². The molecule has 0 radical (unpaired) electrons. The molecule has 0 fully saturated rings. The number of phenolic OH excluding ortho intramolecular Hbond substituents is 2. The second-order valence-corrected chi connectivity index (χ2v) is 5.33. The van der Waals surface area contributed by atoms with Crippen molar-refractivity contribution in [1.82, 2.24) is 0 Å². The van der Waals surface area contributed by atoms with Crippen LogP contribution in [0.2, 0.25) is 0 Å². The molecule has 0 heterocycles. The molecule has 0 unspecified atom stereocenters. The molecule has 0 saturated heterocycles. The van der Waals surface area contributed by atoms with E-state index < -0.39 is 0 Å². The van der Waals surface area contributed by atoms with E-state index in [9.17, 15) is 10.2 Å². The first-order valence-corrected chi connectivity index (χ1v) is 7.77. The summed E-state index contributed by atoms with van der Waals surface area (Å²) in [5, 5.41) is 19.8. The van der Waals surface area contributed by atoms with Crippen LogP contribution in [0.4, 0.5) is 0 Å². The third-order valence-corrected chi connectivity index (χ3v) is 3.60. The van der Waals surface area contributed by atoms with Crippen molar-refractivity contribution in [3.63, 3.8) is 0 Å². The Morgan fingerprint density at radius 3 is 2.44 bits per heavy atom. The molecule has 25 heavy (non-hydrogen) atoms. The van der Waals surface area contributed by atoms with Crippen LogP contribution >= 0.6 is 0 Å². The van der Waals surface area contributed by atoms with Gasteiger partial charge in [-0.15, -0.1) is 6.58 Å². The summed E-state index contributed by atoms with van der Waals surface area (Å²) in [5.41, 5.74) is 1.75. The van der Waals surface area contributed by atoms with Gasteiger partial charge in [-0.3, -0.25) is 0 Å². The molecular formula is C20H22O5. The highest BCUT2D eigenvalue weighted by Crippen LogP contribution is 2.32. The van der Waals surface area contributed by atoms with Gasteiger partial charge in [0.05, 0.1) is 20.5 Å². The molecule has 0 aromatic heterocycles. The summed E-state index contributed by atoms with van der Waals surface area (Å²) >= 11 is 0. The van der Waals surface area contributed by atoms with E-state index >= 15 is 0 Å². The quantitative estimate of drug-likeness (QED) is 0.561. The third-order valence-electron chi connectivity index (χ3n) is 3.60. The van der Waals surface area contributed by atoms with Crippen LogP contribution in [-0.2, 0) is 12.8 Å². The van der Waals surface area contributed by atoms with Gasteiger partial charge < -0.3 is 24.4 Å². The van der Waals surface area contributed by atoms with Gasteiger partial charge in [-0.2, -0.15) is 0 Å². The van der Waals surface area contributed by atoms with E-state index in [1.165, 1.54) is 26.5 Å². The van der Waals surface area contributed by atoms with Crippen LogP contribution in [0.3, 0.4) is 0 Å². The van der Waals surface area contributed by atoms with Crippen LogP contribution in [0.25, 0.3) is 0 Å². The number of allylic oxidation sites excluding steroid dienone is 2. The molecule has 0 aliphatic rings. The van der Waals surface area contributed by atoms with Crippen LogP contribution in [-0.4, -0.2) is 24.4 Å². The van der Waals surface area contributed by atoms with Crippen LogP contribution < -0.4 is 14.2 Å². The second kappa shape index (κ2) is 8.68. The van der Waals surface area contributed by atoms with Crippen molar-refractivity contribution in [2.75, 3.05) is 14.2 Å². The maximum Gasteiger partial charge on any atom is 0.164 e. The van der Waals surface area contributed by atoms with Crippen molar-refractivity contribution in [3.8, 4) is 28.7 Å². The number of rotatable bonds is 8. The van der Waals surface area contributed by atoms with E-state index in [0.717, 1.165) is 11.1 Å². The third kappa shape index (κ3) is 4.70. The van der Waals surface area contributed by atoms with Crippen LogP contribution in [0.15, 0.2) is 55.3 Å². The molecule has 0 spiro atoms. The van der Waals surface area contributed by atoms with Gasteiger partial charge in [0.15, 0.2) is 23.0 Å². The van der Waals surface area contributed by atoms with E-state index in [0.29, 0.717) is 30.1 Å². The van der Waals surface area contributed by atoms with E-state index in [2.05, 4.69) is 6.58 Å². The van der Waals surface area contributed by atoms with E-state index in [-0.39, 0.29) is 11.5 Å². The summed E-state index contributed by atoms with van der Waals surface area (Å²) in [5.74, 6) is 1.48. The van der Waals surface area contributed by atoms with Gasteiger partial charge in [-0.1, -0.05) is 12.1 Å². The van der Waals surface area contributed by atoms with Crippen molar-refractivity contribution >= 4 is 0 Å². The summed E-state index contributed by atoms with van der Waals surface area (Å²) in [6, 6.07) is 8.42. The molecule has 5 heteroatoms. The average molecular weight is 342 g/mol. The van der Waals surface area contributed by atoms with E-state index in [1.54, 1.807) is 30.4 Å². The fourth-order valence-electron chi connectivity index (χ4n) is 2.36. The molecule has 2 aromatic rings. The zero-order valence-corrected chi connectivity index (χ0v) is 14.4. The molecule has 132 valence electrons. The number of phenols is 2. The van der Waals surface area contributed by atoms with E-state index in [1.807, 2.05) is 6.07 Å². The van der Waals surface area contributed by atoms with Crippen LogP contribution in [0.5, 0.6) is 28.7 Å². The van der Waals surface area contributed by atoms with Gasteiger partial charge in [0, 0.05) is 11.6 Å². The predicted molar refractivity (Wildman–Crippen MR) is 96.7 cm³/mol. The Hall–Kier alpha value is -3.08. The standard InChI is InChI=1S/C20H22O5/c1-4-6-14-11-15(20(22)19(12-14)24-3)7-5-10-25-16-8-9-17(21)18(13-16)23-2/h4-5,8-13,21-22H,1,6-7H2,2-3H3/b10-5+. The number of hydrogen-bond acceptors (Lipinski definition) is 5. The summed E-state index contributed by atoms with van der Waals surface area (Å²) in [4.78, 5) is 0. The van der Waals surface area contributed by atoms with Gasteiger partial charge in [0.2, 0.25) is 0 Å².